The van der Waals surface area contributed by atoms with Crippen LogP contribution in [0.5, 0.6) is 0 Å². The van der Waals surface area contributed by atoms with Crippen molar-refractivity contribution in [1.29, 1.82) is 0 Å². The number of nitrogens with two attached hydrogens (primary N) is 2. The SMILES string of the molecule is CCC(OC)c1ccc(C(=O)N=C(N)N)cc1S(C)(=O)=O.Cl. The maximum absolute atomic E-state index is 11.9. The zero-order valence-corrected chi connectivity index (χ0v) is 14.2. The minimum Gasteiger partial charge on any atom is -0.377 e. The lowest BCUT2D eigenvalue weighted by Gasteiger charge is -2.17. The van der Waals surface area contributed by atoms with Crippen LogP contribution >= 0.6 is 12.4 Å². The number of halogens is 1. The molecule has 0 heterocycles. The highest BCUT2D eigenvalue weighted by molar-refractivity contribution is 7.90. The van der Waals surface area contributed by atoms with Gasteiger partial charge in [-0.1, -0.05) is 13.0 Å². The molecule has 0 bridgehead atoms. The van der Waals surface area contributed by atoms with Crippen LogP contribution in [0.1, 0.15) is 35.4 Å². The molecule has 124 valence electrons. The predicted octanol–water partition coefficient (Wildman–Crippen LogP) is 1.02. The highest BCUT2D eigenvalue weighted by atomic mass is 35.5. The highest BCUT2D eigenvalue weighted by Crippen LogP contribution is 2.28. The van der Waals surface area contributed by atoms with Gasteiger partial charge < -0.3 is 16.2 Å². The molecule has 0 saturated heterocycles. The molecule has 4 N–H and O–H groups in total. The molecule has 0 radical (unpaired) electrons. The molecule has 1 aromatic rings. The second-order valence-corrected chi connectivity index (χ2v) is 6.48. The molecule has 1 aromatic carbocycles. The summed E-state index contributed by atoms with van der Waals surface area (Å²) in [5.74, 6) is -1.08. The summed E-state index contributed by atoms with van der Waals surface area (Å²) in [6, 6.07) is 4.28. The number of rotatable bonds is 5. The Labute approximate surface area is 136 Å². The number of carbonyl (C=O) groups excluding carboxylic acids is 1. The summed E-state index contributed by atoms with van der Waals surface area (Å²) in [6.07, 6.45) is 1.30. The van der Waals surface area contributed by atoms with Crippen LogP contribution in [-0.2, 0) is 14.6 Å². The van der Waals surface area contributed by atoms with Crippen LogP contribution in [-0.4, -0.2) is 33.7 Å². The van der Waals surface area contributed by atoms with Crippen molar-refractivity contribution >= 4 is 34.1 Å². The second kappa shape index (κ2) is 8.11. The fourth-order valence-electron chi connectivity index (χ4n) is 1.95. The Balaban J connectivity index is 0.00000441. The molecule has 0 spiro atoms. The first-order chi connectivity index (χ1) is 9.70. The number of guanidine groups is 1. The van der Waals surface area contributed by atoms with E-state index in [9.17, 15) is 13.2 Å². The molecule has 1 unspecified atom stereocenters. The van der Waals surface area contributed by atoms with Crippen molar-refractivity contribution in [3.63, 3.8) is 0 Å². The summed E-state index contributed by atoms with van der Waals surface area (Å²) in [5, 5.41) is 0. The third-order valence-electron chi connectivity index (χ3n) is 2.89. The molecule has 0 aliphatic carbocycles. The number of ether oxygens (including phenoxy) is 1. The van der Waals surface area contributed by atoms with Gasteiger partial charge in [-0.15, -0.1) is 12.4 Å². The smallest absolute Gasteiger partial charge is 0.280 e. The molecule has 1 amide bonds. The summed E-state index contributed by atoms with van der Waals surface area (Å²) in [4.78, 5) is 15.2. The number of carbonyl (C=O) groups is 1. The van der Waals surface area contributed by atoms with Gasteiger partial charge in [0.15, 0.2) is 15.8 Å². The average Bonchev–Trinajstić information content (AvgIpc) is 2.38. The summed E-state index contributed by atoms with van der Waals surface area (Å²) >= 11 is 0. The number of nitrogens with zero attached hydrogens (tertiary/aromatic N) is 1. The van der Waals surface area contributed by atoms with Gasteiger partial charge in [-0.2, -0.15) is 4.99 Å². The normalized spacial score (nSPS) is 12.1. The molecule has 0 aliphatic heterocycles. The van der Waals surface area contributed by atoms with Crippen LogP contribution in [0, 0.1) is 0 Å². The van der Waals surface area contributed by atoms with E-state index in [0.29, 0.717) is 12.0 Å². The van der Waals surface area contributed by atoms with Crippen molar-refractivity contribution in [2.45, 2.75) is 24.3 Å². The van der Waals surface area contributed by atoms with E-state index >= 15 is 0 Å². The Bertz CT molecular complexity index is 666. The summed E-state index contributed by atoms with van der Waals surface area (Å²) < 4.78 is 29.1. The van der Waals surface area contributed by atoms with Gasteiger partial charge in [-0.3, -0.25) is 4.79 Å². The summed E-state index contributed by atoms with van der Waals surface area (Å²) in [6.45, 7) is 1.87. The third-order valence-corrected chi connectivity index (χ3v) is 4.05. The molecule has 0 aromatic heterocycles. The van der Waals surface area contributed by atoms with E-state index in [-0.39, 0.29) is 34.9 Å². The maximum Gasteiger partial charge on any atom is 0.280 e. The van der Waals surface area contributed by atoms with Crippen molar-refractivity contribution in [3.8, 4) is 0 Å². The number of sulfone groups is 1. The Hall–Kier alpha value is -1.64. The highest BCUT2D eigenvalue weighted by Gasteiger charge is 2.21. The maximum atomic E-state index is 11.9. The topological polar surface area (TPSA) is 125 Å². The molecule has 1 rings (SSSR count). The summed E-state index contributed by atoms with van der Waals surface area (Å²) in [7, 11) is -2.03. The molecular weight excluding hydrogens is 330 g/mol. The van der Waals surface area contributed by atoms with Crippen molar-refractivity contribution < 1.29 is 17.9 Å². The largest absolute Gasteiger partial charge is 0.377 e. The Kier molecular flexibility index (Phi) is 7.51. The fourth-order valence-corrected chi connectivity index (χ4v) is 2.92. The van der Waals surface area contributed by atoms with Gasteiger partial charge in [-0.25, -0.2) is 8.42 Å². The van der Waals surface area contributed by atoms with E-state index in [0.717, 1.165) is 6.26 Å². The quantitative estimate of drug-likeness (QED) is 0.604. The zero-order chi connectivity index (χ0) is 16.2. The first-order valence-corrected chi connectivity index (χ1v) is 8.10. The van der Waals surface area contributed by atoms with Gasteiger partial charge >= 0.3 is 0 Å². The molecule has 9 heteroatoms. The number of methoxy groups -OCH3 is 1. The molecule has 0 aliphatic rings. The molecule has 7 nitrogen and oxygen atoms in total. The third kappa shape index (κ3) is 4.97. The second-order valence-electron chi connectivity index (χ2n) is 4.50. The van der Waals surface area contributed by atoms with E-state index in [1.807, 2.05) is 6.92 Å². The number of hydrogen-bond donors (Lipinski definition) is 2. The van der Waals surface area contributed by atoms with E-state index in [4.69, 9.17) is 16.2 Å². The zero-order valence-electron chi connectivity index (χ0n) is 12.6. The lowest BCUT2D eigenvalue weighted by molar-refractivity contribution is 0.0971. The summed E-state index contributed by atoms with van der Waals surface area (Å²) in [5.41, 5.74) is 10.9. The van der Waals surface area contributed by atoms with Gasteiger partial charge in [0, 0.05) is 18.9 Å². The molecule has 0 fully saturated rings. The minimum absolute atomic E-state index is 0. The van der Waals surface area contributed by atoms with E-state index < -0.39 is 15.7 Å². The Morgan fingerprint density at radius 1 is 1.36 bits per heavy atom. The Morgan fingerprint density at radius 2 is 1.95 bits per heavy atom. The van der Waals surface area contributed by atoms with Crippen LogP contribution in [0.2, 0.25) is 0 Å². The standard InChI is InChI=1S/C13H19N3O4S.ClH/c1-4-10(20-2)9-6-5-8(12(17)16-13(14)15)7-11(9)21(3,18)19;/h5-7,10H,4H2,1-3H3,(H4,14,15,16,17);1H. The van der Waals surface area contributed by atoms with Crippen molar-refractivity contribution in [1.82, 2.24) is 0 Å². The molecule has 0 saturated carbocycles. The molecule has 1 atom stereocenters. The lowest BCUT2D eigenvalue weighted by atomic mass is 10.0. The fraction of sp³-hybridized carbons (Fsp3) is 0.385. The Morgan fingerprint density at radius 3 is 2.36 bits per heavy atom. The van der Waals surface area contributed by atoms with E-state index in [1.165, 1.54) is 19.2 Å². The van der Waals surface area contributed by atoms with Crippen molar-refractivity contribution in [2.75, 3.05) is 13.4 Å². The van der Waals surface area contributed by atoms with Crippen LogP contribution in [0.3, 0.4) is 0 Å². The van der Waals surface area contributed by atoms with Gasteiger partial charge in [0.05, 0.1) is 11.0 Å². The van der Waals surface area contributed by atoms with Crippen LogP contribution in [0.15, 0.2) is 28.1 Å². The van der Waals surface area contributed by atoms with E-state index in [2.05, 4.69) is 4.99 Å². The molecular formula is C13H20ClN3O4S. The number of hydrogen-bond acceptors (Lipinski definition) is 4. The monoisotopic (exact) mass is 349 g/mol. The first kappa shape index (κ1) is 20.4. The average molecular weight is 350 g/mol. The van der Waals surface area contributed by atoms with Crippen molar-refractivity contribution in [3.05, 3.63) is 29.3 Å². The van der Waals surface area contributed by atoms with E-state index in [1.54, 1.807) is 6.07 Å². The van der Waals surface area contributed by atoms with Crippen LogP contribution in [0.4, 0.5) is 0 Å². The van der Waals surface area contributed by atoms with Crippen LogP contribution < -0.4 is 11.5 Å². The van der Waals surface area contributed by atoms with Gasteiger partial charge in [0.2, 0.25) is 0 Å². The van der Waals surface area contributed by atoms with Gasteiger partial charge in [-0.05, 0) is 24.1 Å². The lowest BCUT2D eigenvalue weighted by Crippen LogP contribution is -2.24. The number of aliphatic imine (C=N–C) groups is 1. The first-order valence-electron chi connectivity index (χ1n) is 6.21. The van der Waals surface area contributed by atoms with Gasteiger partial charge in [0.1, 0.15) is 0 Å². The minimum atomic E-state index is -3.53. The van der Waals surface area contributed by atoms with Crippen LogP contribution in [0.25, 0.3) is 0 Å². The molecule has 22 heavy (non-hydrogen) atoms. The number of amides is 1. The van der Waals surface area contributed by atoms with Crippen molar-refractivity contribution in [2.24, 2.45) is 16.5 Å². The number of benzene rings is 1. The predicted molar refractivity (Wildman–Crippen MR) is 87.0 cm³/mol. The van der Waals surface area contributed by atoms with Gasteiger partial charge in [0.25, 0.3) is 5.91 Å².